The van der Waals surface area contributed by atoms with E-state index in [1.807, 2.05) is 0 Å². The van der Waals surface area contributed by atoms with Gasteiger partial charge < -0.3 is 0 Å². The lowest BCUT2D eigenvalue weighted by Crippen LogP contribution is -2.28. The molecule has 0 spiro atoms. The van der Waals surface area contributed by atoms with Gasteiger partial charge in [0.1, 0.15) is 5.15 Å². The fourth-order valence-electron chi connectivity index (χ4n) is 1.27. The van der Waals surface area contributed by atoms with Gasteiger partial charge in [0.25, 0.3) is 5.56 Å². The molecule has 16 heavy (non-hydrogen) atoms. The first kappa shape index (κ1) is 10.6. The number of H-pyrrole nitrogens is 1. The van der Waals surface area contributed by atoms with Gasteiger partial charge in [0, 0.05) is 18.5 Å². The van der Waals surface area contributed by atoms with E-state index in [1.54, 1.807) is 18.3 Å². The van der Waals surface area contributed by atoms with Gasteiger partial charge in [-0.25, -0.2) is 9.78 Å². The lowest BCUT2D eigenvalue weighted by atomic mass is 10.3. The van der Waals surface area contributed by atoms with Crippen LogP contribution < -0.4 is 11.2 Å². The van der Waals surface area contributed by atoms with Crippen LogP contribution in [-0.2, 0) is 6.54 Å². The van der Waals surface area contributed by atoms with E-state index in [2.05, 4.69) is 9.97 Å². The molecule has 0 saturated heterocycles. The van der Waals surface area contributed by atoms with Gasteiger partial charge in [0.05, 0.1) is 6.54 Å². The quantitative estimate of drug-likeness (QED) is 0.779. The van der Waals surface area contributed by atoms with Crippen LogP contribution in [0.1, 0.15) is 5.56 Å². The highest BCUT2D eigenvalue weighted by Crippen LogP contribution is 2.05. The predicted molar refractivity (Wildman–Crippen MR) is 59.7 cm³/mol. The van der Waals surface area contributed by atoms with Gasteiger partial charge in [-0.05, 0) is 11.6 Å². The summed E-state index contributed by atoms with van der Waals surface area (Å²) in [5.41, 5.74) is -0.0171. The molecule has 0 amide bonds. The molecule has 0 bridgehead atoms. The van der Waals surface area contributed by atoms with Gasteiger partial charge in [-0.15, -0.1) is 0 Å². The monoisotopic (exact) mass is 237 g/mol. The van der Waals surface area contributed by atoms with Crippen molar-refractivity contribution in [2.45, 2.75) is 6.54 Å². The van der Waals surface area contributed by atoms with Crippen LogP contribution in [-0.4, -0.2) is 14.5 Å². The van der Waals surface area contributed by atoms with Crippen LogP contribution in [0, 0.1) is 0 Å². The topological polar surface area (TPSA) is 67.8 Å². The lowest BCUT2D eigenvalue weighted by molar-refractivity contribution is 0.718. The average molecular weight is 238 g/mol. The minimum absolute atomic E-state index is 0.347. The summed E-state index contributed by atoms with van der Waals surface area (Å²) < 4.78 is 1.38. The fraction of sp³-hybridized carbons (Fsp3) is 0.100. The molecule has 0 radical (unpaired) electrons. The maximum absolute atomic E-state index is 11.4. The maximum Gasteiger partial charge on any atom is 0.328 e. The molecule has 6 heteroatoms. The molecule has 1 N–H and O–H groups in total. The number of halogens is 1. The Balaban J connectivity index is 2.30. The molecule has 0 unspecified atom stereocenters. The minimum Gasteiger partial charge on any atom is -0.296 e. The smallest absolute Gasteiger partial charge is 0.296 e. The third-order valence-corrected chi connectivity index (χ3v) is 2.26. The highest BCUT2D eigenvalue weighted by molar-refractivity contribution is 6.29. The molecule has 0 aromatic carbocycles. The van der Waals surface area contributed by atoms with Crippen molar-refractivity contribution >= 4 is 11.6 Å². The molecule has 0 aliphatic rings. The molecular formula is C10H8ClN3O2. The molecule has 0 saturated carbocycles. The Morgan fingerprint density at radius 1 is 1.31 bits per heavy atom. The summed E-state index contributed by atoms with van der Waals surface area (Å²) in [7, 11) is 0. The van der Waals surface area contributed by atoms with Crippen LogP contribution in [0.3, 0.4) is 0 Å². The molecule has 0 atom stereocenters. The van der Waals surface area contributed by atoms with E-state index in [0.29, 0.717) is 11.7 Å². The van der Waals surface area contributed by atoms with Crippen molar-refractivity contribution in [3.05, 3.63) is 62.1 Å². The molecule has 2 aromatic rings. The normalized spacial score (nSPS) is 10.3. The first-order chi connectivity index (χ1) is 7.65. The summed E-state index contributed by atoms with van der Waals surface area (Å²) in [5.74, 6) is 0. The molecule has 0 aliphatic carbocycles. The van der Waals surface area contributed by atoms with Crippen molar-refractivity contribution in [3.63, 3.8) is 0 Å². The van der Waals surface area contributed by atoms with Crippen LogP contribution in [0.4, 0.5) is 0 Å². The number of pyridine rings is 1. The van der Waals surface area contributed by atoms with Crippen molar-refractivity contribution in [2.75, 3.05) is 0 Å². The number of aromatic amines is 1. The minimum atomic E-state index is -0.442. The summed E-state index contributed by atoms with van der Waals surface area (Å²) >= 11 is 5.64. The van der Waals surface area contributed by atoms with Crippen LogP contribution in [0.5, 0.6) is 0 Å². The first-order valence-corrected chi connectivity index (χ1v) is 4.93. The first-order valence-electron chi connectivity index (χ1n) is 4.55. The van der Waals surface area contributed by atoms with E-state index >= 15 is 0 Å². The summed E-state index contributed by atoms with van der Waals surface area (Å²) in [5, 5.41) is 0.401. The molecule has 2 heterocycles. The van der Waals surface area contributed by atoms with Crippen molar-refractivity contribution in [2.24, 2.45) is 0 Å². The van der Waals surface area contributed by atoms with Gasteiger partial charge >= 0.3 is 5.69 Å². The Bertz CT molecular complexity index is 600. The van der Waals surface area contributed by atoms with Gasteiger partial charge in [0.15, 0.2) is 0 Å². The Hall–Kier alpha value is -1.88. The lowest BCUT2D eigenvalue weighted by Gasteiger charge is -2.03. The molecule has 0 fully saturated rings. The number of hydrogen-bond donors (Lipinski definition) is 1. The van der Waals surface area contributed by atoms with Gasteiger partial charge in [-0.3, -0.25) is 14.3 Å². The van der Waals surface area contributed by atoms with Crippen LogP contribution >= 0.6 is 11.6 Å². The average Bonchev–Trinajstić information content (AvgIpc) is 2.25. The largest absolute Gasteiger partial charge is 0.328 e. The van der Waals surface area contributed by atoms with Crippen LogP contribution in [0.15, 0.2) is 40.2 Å². The van der Waals surface area contributed by atoms with Crippen LogP contribution in [0.25, 0.3) is 0 Å². The summed E-state index contributed by atoms with van der Waals surface area (Å²) in [6.45, 7) is 0.347. The van der Waals surface area contributed by atoms with Gasteiger partial charge in [-0.1, -0.05) is 17.7 Å². The summed E-state index contributed by atoms with van der Waals surface area (Å²) in [6.07, 6.45) is 3.02. The van der Waals surface area contributed by atoms with E-state index in [-0.39, 0.29) is 0 Å². The maximum atomic E-state index is 11.4. The molecule has 0 aliphatic heterocycles. The van der Waals surface area contributed by atoms with Crippen molar-refractivity contribution in [3.8, 4) is 0 Å². The Morgan fingerprint density at radius 2 is 2.12 bits per heavy atom. The molecule has 2 aromatic heterocycles. The van der Waals surface area contributed by atoms with Crippen molar-refractivity contribution in [1.82, 2.24) is 14.5 Å². The number of rotatable bonds is 2. The number of nitrogens with one attached hydrogen (secondary N) is 1. The second kappa shape index (κ2) is 4.32. The zero-order valence-corrected chi connectivity index (χ0v) is 8.94. The Kier molecular flexibility index (Phi) is 2.87. The standard InChI is InChI=1S/C10H8ClN3O2/c11-8-2-1-7(5-12-8)6-14-4-3-9(15)13-10(14)16/h1-5H,6H2,(H,13,15,16). The van der Waals surface area contributed by atoms with E-state index in [9.17, 15) is 9.59 Å². The summed E-state index contributed by atoms with van der Waals surface area (Å²) in [4.78, 5) is 28.3. The highest BCUT2D eigenvalue weighted by atomic mass is 35.5. The number of hydrogen-bond acceptors (Lipinski definition) is 3. The molecule has 82 valence electrons. The second-order valence-corrected chi connectivity index (χ2v) is 3.61. The fourth-order valence-corrected chi connectivity index (χ4v) is 1.38. The SMILES string of the molecule is O=c1ccn(Cc2ccc(Cl)nc2)c(=O)[nH]1. The number of nitrogens with zero attached hydrogens (tertiary/aromatic N) is 2. The van der Waals surface area contributed by atoms with E-state index in [1.165, 1.54) is 16.8 Å². The zero-order valence-electron chi connectivity index (χ0n) is 8.18. The second-order valence-electron chi connectivity index (χ2n) is 3.23. The zero-order chi connectivity index (χ0) is 11.5. The summed E-state index contributed by atoms with van der Waals surface area (Å²) in [6, 6.07) is 4.71. The highest BCUT2D eigenvalue weighted by Gasteiger charge is 1.99. The van der Waals surface area contributed by atoms with Crippen molar-refractivity contribution in [1.29, 1.82) is 0 Å². The third-order valence-electron chi connectivity index (χ3n) is 2.04. The van der Waals surface area contributed by atoms with E-state index in [4.69, 9.17) is 11.6 Å². The third kappa shape index (κ3) is 2.38. The van der Waals surface area contributed by atoms with E-state index in [0.717, 1.165) is 5.56 Å². The number of aromatic nitrogens is 3. The van der Waals surface area contributed by atoms with Crippen molar-refractivity contribution < 1.29 is 0 Å². The Labute approximate surface area is 95.3 Å². The van der Waals surface area contributed by atoms with Gasteiger partial charge in [0.2, 0.25) is 0 Å². The molecule has 2 rings (SSSR count). The molecule has 5 nitrogen and oxygen atoms in total. The van der Waals surface area contributed by atoms with E-state index < -0.39 is 11.2 Å². The Morgan fingerprint density at radius 3 is 2.75 bits per heavy atom. The van der Waals surface area contributed by atoms with Gasteiger partial charge in [-0.2, -0.15) is 0 Å². The van der Waals surface area contributed by atoms with Crippen LogP contribution in [0.2, 0.25) is 5.15 Å². The molecular weight excluding hydrogens is 230 g/mol. The predicted octanol–water partition coefficient (Wildman–Crippen LogP) is 0.633.